The van der Waals surface area contributed by atoms with Crippen LogP contribution in [0, 0.1) is 11.8 Å². The van der Waals surface area contributed by atoms with E-state index < -0.39 is 0 Å². The molecule has 0 radical (unpaired) electrons. The predicted octanol–water partition coefficient (Wildman–Crippen LogP) is 1.14. The molecular weight excluding hydrogens is 306 g/mol. The predicted molar refractivity (Wildman–Crippen MR) is 88.8 cm³/mol. The second-order valence-electron chi connectivity index (χ2n) is 6.17. The molecule has 1 fully saturated rings. The number of nitrogens with one attached hydrogen (secondary N) is 1. The Labute approximate surface area is 141 Å². The SMILES string of the molecule is O=C(NCc1ccncc1)C1CC=CCC1C(=O)N1CCOCC1. The van der Waals surface area contributed by atoms with Crippen molar-refractivity contribution < 1.29 is 14.3 Å². The van der Waals surface area contributed by atoms with Crippen LogP contribution in [0.25, 0.3) is 0 Å². The summed E-state index contributed by atoms with van der Waals surface area (Å²) in [7, 11) is 0. The van der Waals surface area contributed by atoms with Gasteiger partial charge in [0, 0.05) is 32.0 Å². The summed E-state index contributed by atoms with van der Waals surface area (Å²) in [5.41, 5.74) is 1.00. The van der Waals surface area contributed by atoms with Gasteiger partial charge in [-0.05, 0) is 30.5 Å². The van der Waals surface area contributed by atoms with E-state index in [1.165, 1.54) is 0 Å². The number of amides is 2. The fourth-order valence-corrected chi connectivity index (χ4v) is 3.22. The number of carbonyl (C=O) groups is 2. The third-order valence-corrected chi connectivity index (χ3v) is 4.63. The number of nitrogens with zero attached hydrogens (tertiary/aromatic N) is 2. The molecule has 0 spiro atoms. The first-order valence-corrected chi connectivity index (χ1v) is 8.44. The maximum Gasteiger partial charge on any atom is 0.226 e. The molecule has 24 heavy (non-hydrogen) atoms. The van der Waals surface area contributed by atoms with Crippen LogP contribution in [0.3, 0.4) is 0 Å². The number of morpholine rings is 1. The zero-order valence-corrected chi connectivity index (χ0v) is 13.7. The van der Waals surface area contributed by atoms with Gasteiger partial charge in [-0.25, -0.2) is 0 Å². The minimum atomic E-state index is -0.299. The Morgan fingerprint density at radius 2 is 1.79 bits per heavy atom. The van der Waals surface area contributed by atoms with Crippen LogP contribution in [0.5, 0.6) is 0 Å². The van der Waals surface area contributed by atoms with Crippen molar-refractivity contribution in [3.05, 3.63) is 42.2 Å². The third kappa shape index (κ3) is 4.00. The first kappa shape index (κ1) is 16.6. The standard InChI is InChI=1S/C18H23N3O3/c22-17(20-13-14-5-7-19-8-6-14)15-3-1-2-4-16(15)18(23)21-9-11-24-12-10-21/h1-2,5-8,15-16H,3-4,9-13H2,(H,20,22). The molecule has 6 nitrogen and oxygen atoms in total. The number of carbonyl (C=O) groups excluding carboxylic acids is 2. The highest BCUT2D eigenvalue weighted by Gasteiger charge is 2.36. The van der Waals surface area contributed by atoms with Gasteiger partial charge in [0.25, 0.3) is 0 Å². The first-order chi connectivity index (χ1) is 11.8. The number of ether oxygens (including phenoxy) is 1. The maximum absolute atomic E-state index is 12.8. The van der Waals surface area contributed by atoms with E-state index in [1.54, 1.807) is 12.4 Å². The van der Waals surface area contributed by atoms with E-state index in [4.69, 9.17) is 4.74 Å². The van der Waals surface area contributed by atoms with Crippen molar-refractivity contribution in [3.63, 3.8) is 0 Å². The molecule has 2 aliphatic rings. The molecule has 0 bridgehead atoms. The Bertz CT molecular complexity index is 597. The van der Waals surface area contributed by atoms with Gasteiger partial charge >= 0.3 is 0 Å². The molecule has 128 valence electrons. The van der Waals surface area contributed by atoms with Gasteiger partial charge in [-0.3, -0.25) is 14.6 Å². The van der Waals surface area contributed by atoms with Crippen molar-refractivity contribution in [3.8, 4) is 0 Å². The van der Waals surface area contributed by atoms with Crippen LogP contribution < -0.4 is 5.32 Å². The van der Waals surface area contributed by atoms with Gasteiger partial charge < -0.3 is 15.0 Å². The molecule has 1 saturated heterocycles. The molecule has 6 heteroatoms. The van der Waals surface area contributed by atoms with Gasteiger partial charge in [-0.1, -0.05) is 12.2 Å². The van der Waals surface area contributed by atoms with Crippen LogP contribution in [-0.2, 0) is 20.9 Å². The summed E-state index contributed by atoms with van der Waals surface area (Å²) in [4.78, 5) is 31.2. The highest BCUT2D eigenvalue weighted by Crippen LogP contribution is 2.28. The van der Waals surface area contributed by atoms with Gasteiger partial charge in [0.1, 0.15) is 0 Å². The van der Waals surface area contributed by atoms with Gasteiger partial charge in [-0.15, -0.1) is 0 Å². The number of hydrogen-bond acceptors (Lipinski definition) is 4. The normalized spacial score (nSPS) is 23.8. The summed E-state index contributed by atoms with van der Waals surface area (Å²) in [6, 6.07) is 3.74. The summed E-state index contributed by atoms with van der Waals surface area (Å²) in [5.74, 6) is -0.549. The van der Waals surface area contributed by atoms with Crippen LogP contribution in [0.1, 0.15) is 18.4 Å². The second kappa shape index (κ2) is 8.06. The summed E-state index contributed by atoms with van der Waals surface area (Å²) in [5, 5.41) is 2.96. The minimum Gasteiger partial charge on any atom is -0.378 e. The van der Waals surface area contributed by atoms with E-state index in [0.717, 1.165) is 5.56 Å². The van der Waals surface area contributed by atoms with Crippen molar-refractivity contribution in [2.24, 2.45) is 11.8 Å². The van der Waals surface area contributed by atoms with Gasteiger partial charge in [-0.2, -0.15) is 0 Å². The molecule has 1 aromatic rings. The number of hydrogen-bond donors (Lipinski definition) is 1. The molecule has 1 aromatic heterocycles. The Hall–Kier alpha value is -2.21. The van der Waals surface area contributed by atoms with Crippen LogP contribution in [0.2, 0.25) is 0 Å². The topological polar surface area (TPSA) is 71.5 Å². The molecule has 1 N–H and O–H groups in total. The number of pyridine rings is 1. The van der Waals surface area contributed by atoms with E-state index in [-0.39, 0.29) is 23.7 Å². The largest absolute Gasteiger partial charge is 0.378 e. The lowest BCUT2D eigenvalue weighted by Crippen LogP contribution is -2.48. The van der Waals surface area contributed by atoms with Gasteiger partial charge in [0.05, 0.1) is 25.0 Å². The summed E-state index contributed by atoms with van der Waals surface area (Å²) in [6.07, 6.45) is 8.66. The lowest BCUT2D eigenvalue weighted by molar-refractivity contribution is -0.145. The van der Waals surface area contributed by atoms with Gasteiger partial charge in [0.2, 0.25) is 11.8 Å². The fourth-order valence-electron chi connectivity index (χ4n) is 3.22. The summed E-state index contributed by atoms with van der Waals surface area (Å²) < 4.78 is 5.31. The highest BCUT2D eigenvalue weighted by molar-refractivity contribution is 5.88. The Morgan fingerprint density at radius 1 is 1.12 bits per heavy atom. The Balaban J connectivity index is 1.62. The average molecular weight is 329 g/mol. The van der Waals surface area contributed by atoms with Crippen molar-refractivity contribution in [2.45, 2.75) is 19.4 Å². The van der Waals surface area contributed by atoms with Crippen molar-refractivity contribution in [2.75, 3.05) is 26.3 Å². The molecule has 2 amide bonds. The molecule has 2 heterocycles. The number of rotatable bonds is 4. The van der Waals surface area contributed by atoms with Crippen molar-refractivity contribution in [1.29, 1.82) is 0 Å². The smallest absolute Gasteiger partial charge is 0.226 e. The lowest BCUT2D eigenvalue weighted by Gasteiger charge is -2.34. The Morgan fingerprint density at radius 3 is 2.50 bits per heavy atom. The monoisotopic (exact) mass is 329 g/mol. The zero-order chi connectivity index (χ0) is 16.8. The molecule has 2 atom stereocenters. The van der Waals surface area contributed by atoms with E-state index >= 15 is 0 Å². The van der Waals surface area contributed by atoms with E-state index in [2.05, 4.69) is 10.3 Å². The quantitative estimate of drug-likeness (QED) is 0.841. The average Bonchev–Trinajstić information content (AvgIpc) is 2.67. The highest BCUT2D eigenvalue weighted by atomic mass is 16.5. The summed E-state index contributed by atoms with van der Waals surface area (Å²) in [6.45, 7) is 2.84. The molecule has 2 unspecified atom stereocenters. The second-order valence-corrected chi connectivity index (χ2v) is 6.17. The van der Waals surface area contributed by atoms with E-state index in [1.807, 2.05) is 29.2 Å². The minimum absolute atomic E-state index is 0.0530. The fraction of sp³-hybridized carbons (Fsp3) is 0.500. The summed E-state index contributed by atoms with van der Waals surface area (Å²) >= 11 is 0. The molecule has 3 rings (SSSR count). The molecule has 1 aliphatic carbocycles. The maximum atomic E-state index is 12.8. The van der Waals surface area contributed by atoms with Gasteiger partial charge in [0.15, 0.2) is 0 Å². The lowest BCUT2D eigenvalue weighted by atomic mass is 9.81. The van der Waals surface area contributed by atoms with Crippen LogP contribution >= 0.6 is 0 Å². The van der Waals surface area contributed by atoms with E-state index in [0.29, 0.717) is 45.7 Å². The van der Waals surface area contributed by atoms with Crippen LogP contribution in [-0.4, -0.2) is 48.0 Å². The van der Waals surface area contributed by atoms with Crippen molar-refractivity contribution in [1.82, 2.24) is 15.2 Å². The Kier molecular flexibility index (Phi) is 5.59. The number of aromatic nitrogens is 1. The van der Waals surface area contributed by atoms with E-state index in [9.17, 15) is 9.59 Å². The zero-order valence-electron chi connectivity index (χ0n) is 13.7. The first-order valence-electron chi connectivity index (χ1n) is 8.44. The van der Waals surface area contributed by atoms with Crippen molar-refractivity contribution >= 4 is 11.8 Å². The molecular formula is C18H23N3O3. The third-order valence-electron chi connectivity index (χ3n) is 4.63. The van der Waals surface area contributed by atoms with Crippen LogP contribution in [0.15, 0.2) is 36.7 Å². The molecule has 1 aliphatic heterocycles. The molecule has 0 aromatic carbocycles. The van der Waals surface area contributed by atoms with Crippen LogP contribution in [0.4, 0.5) is 0 Å². The molecule has 0 saturated carbocycles. The number of allylic oxidation sites excluding steroid dienone is 2.